The summed E-state index contributed by atoms with van der Waals surface area (Å²) in [5.41, 5.74) is 0. The lowest BCUT2D eigenvalue weighted by Crippen LogP contribution is -2.20. The van der Waals surface area contributed by atoms with E-state index in [0.717, 1.165) is 11.6 Å². The van der Waals surface area contributed by atoms with Crippen molar-refractivity contribution in [1.82, 2.24) is 4.98 Å². The molecule has 0 aliphatic rings. The Labute approximate surface area is 92.5 Å². The first-order chi connectivity index (χ1) is 7.13. The van der Waals surface area contributed by atoms with E-state index < -0.39 is 10.8 Å². The monoisotopic (exact) mass is 228 g/mol. The van der Waals surface area contributed by atoms with Crippen LogP contribution in [0, 0.1) is 0 Å². The summed E-state index contributed by atoms with van der Waals surface area (Å²) in [4.78, 5) is 4.15. The molecule has 1 N–H and O–H groups in total. The number of methoxy groups -OCH3 is 1. The fraction of sp³-hybridized carbons (Fsp3) is 0.500. The van der Waals surface area contributed by atoms with Gasteiger partial charge < -0.3 is 10.1 Å². The Morgan fingerprint density at radius 3 is 2.80 bits per heavy atom. The molecule has 0 radical (unpaired) electrons. The highest BCUT2D eigenvalue weighted by Crippen LogP contribution is 2.11. The molecule has 0 amide bonds. The molecule has 1 rings (SSSR count). The molecular formula is C10H16N2O2S. The molecule has 1 heterocycles. The van der Waals surface area contributed by atoms with Crippen LogP contribution in [0.1, 0.15) is 6.92 Å². The van der Waals surface area contributed by atoms with Crippen LogP contribution in [0.3, 0.4) is 0 Å². The maximum atomic E-state index is 11.1. The number of ether oxygens (including phenoxy) is 1. The normalized spacial score (nSPS) is 14.3. The first-order valence-electron chi connectivity index (χ1n) is 4.69. The number of nitrogens with zero attached hydrogens (tertiary/aromatic N) is 1. The quantitative estimate of drug-likeness (QED) is 0.824. The smallest absolute Gasteiger partial charge is 0.137 e. The molecule has 84 valence electrons. The van der Waals surface area contributed by atoms with E-state index in [2.05, 4.69) is 10.3 Å². The van der Waals surface area contributed by atoms with E-state index in [1.807, 2.05) is 19.1 Å². The Kier molecular flexibility index (Phi) is 4.55. The summed E-state index contributed by atoms with van der Waals surface area (Å²) in [6.45, 7) is 2.59. The van der Waals surface area contributed by atoms with Gasteiger partial charge in [-0.1, -0.05) is 0 Å². The van der Waals surface area contributed by atoms with Crippen molar-refractivity contribution in [2.75, 3.05) is 25.2 Å². The largest absolute Gasteiger partial charge is 0.495 e. The average Bonchev–Trinajstić information content (AvgIpc) is 2.26. The third-order valence-electron chi connectivity index (χ3n) is 2.11. The van der Waals surface area contributed by atoms with E-state index in [0.29, 0.717) is 6.54 Å². The molecule has 15 heavy (non-hydrogen) atoms. The Morgan fingerprint density at radius 1 is 1.60 bits per heavy atom. The Morgan fingerprint density at radius 2 is 2.33 bits per heavy atom. The minimum absolute atomic E-state index is 0.119. The SMILES string of the molecule is COc1ccc(NCC(C)S(C)=O)nc1. The van der Waals surface area contributed by atoms with E-state index in [1.165, 1.54) is 0 Å². The van der Waals surface area contributed by atoms with Crippen molar-refractivity contribution in [3.05, 3.63) is 18.3 Å². The van der Waals surface area contributed by atoms with E-state index >= 15 is 0 Å². The van der Waals surface area contributed by atoms with Gasteiger partial charge in [-0.15, -0.1) is 0 Å². The van der Waals surface area contributed by atoms with Crippen LogP contribution < -0.4 is 10.1 Å². The van der Waals surface area contributed by atoms with Gasteiger partial charge in [0.25, 0.3) is 0 Å². The second-order valence-electron chi connectivity index (χ2n) is 3.27. The maximum Gasteiger partial charge on any atom is 0.137 e. The molecule has 0 aliphatic carbocycles. The van der Waals surface area contributed by atoms with Crippen molar-refractivity contribution in [3.63, 3.8) is 0 Å². The third kappa shape index (κ3) is 3.87. The summed E-state index contributed by atoms with van der Waals surface area (Å²) in [5.74, 6) is 1.50. The molecule has 0 fully saturated rings. The van der Waals surface area contributed by atoms with Crippen LogP contribution in [-0.4, -0.2) is 34.4 Å². The molecule has 0 saturated heterocycles. The summed E-state index contributed by atoms with van der Waals surface area (Å²) in [5, 5.41) is 3.24. The summed E-state index contributed by atoms with van der Waals surface area (Å²) in [6, 6.07) is 3.67. The van der Waals surface area contributed by atoms with Crippen LogP contribution >= 0.6 is 0 Å². The Bertz CT molecular complexity index is 327. The van der Waals surface area contributed by atoms with Crippen LogP contribution in [0.15, 0.2) is 18.3 Å². The van der Waals surface area contributed by atoms with Gasteiger partial charge >= 0.3 is 0 Å². The zero-order chi connectivity index (χ0) is 11.3. The lowest BCUT2D eigenvalue weighted by atomic mass is 10.4. The zero-order valence-corrected chi connectivity index (χ0v) is 10.0. The minimum Gasteiger partial charge on any atom is -0.495 e. The summed E-state index contributed by atoms with van der Waals surface area (Å²) >= 11 is 0. The molecule has 1 aromatic rings. The fourth-order valence-electron chi connectivity index (χ4n) is 0.971. The van der Waals surface area contributed by atoms with Gasteiger partial charge in [0.15, 0.2) is 0 Å². The summed E-state index contributed by atoms with van der Waals surface area (Å²) < 4.78 is 16.1. The van der Waals surface area contributed by atoms with Crippen LogP contribution in [0.25, 0.3) is 0 Å². The predicted octanol–water partition coefficient (Wildman–Crippen LogP) is 1.27. The van der Waals surface area contributed by atoms with Crippen LogP contribution in [-0.2, 0) is 10.8 Å². The summed E-state index contributed by atoms with van der Waals surface area (Å²) in [7, 11) is 0.799. The molecular weight excluding hydrogens is 212 g/mol. The van der Waals surface area contributed by atoms with Crippen LogP contribution in [0.2, 0.25) is 0 Å². The first kappa shape index (κ1) is 12.0. The van der Waals surface area contributed by atoms with Crippen molar-refractivity contribution in [2.45, 2.75) is 12.2 Å². The number of anilines is 1. The fourth-order valence-corrected chi connectivity index (χ4v) is 1.29. The maximum absolute atomic E-state index is 11.1. The van der Waals surface area contributed by atoms with Gasteiger partial charge in [-0.3, -0.25) is 4.21 Å². The van der Waals surface area contributed by atoms with Crippen LogP contribution in [0.4, 0.5) is 5.82 Å². The molecule has 4 nitrogen and oxygen atoms in total. The van der Waals surface area contributed by atoms with Gasteiger partial charge in [0, 0.05) is 28.9 Å². The van der Waals surface area contributed by atoms with Gasteiger partial charge in [0.2, 0.25) is 0 Å². The number of rotatable bonds is 5. The van der Waals surface area contributed by atoms with E-state index in [9.17, 15) is 4.21 Å². The number of pyridine rings is 1. The van der Waals surface area contributed by atoms with Crippen molar-refractivity contribution in [3.8, 4) is 5.75 Å². The van der Waals surface area contributed by atoms with E-state index in [4.69, 9.17) is 4.74 Å². The van der Waals surface area contributed by atoms with Crippen molar-refractivity contribution >= 4 is 16.6 Å². The Balaban J connectivity index is 2.47. The molecule has 0 bridgehead atoms. The highest BCUT2D eigenvalue weighted by Gasteiger charge is 2.05. The molecule has 2 atom stereocenters. The molecule has 0 aromatic carbocycles. The Hall–Kier alpha value is -1.10. The molecule has 0 saturated carbocycles. The van der Waals surface area contributed by atoms with Gasteiger partial charge in [0.05, 0.1) is 13.3 Å². The number of aromatic nitrogens is 1. The van der Waals surface area contributed by atoms with E-state index in [1.54, 1.807) is 19.6 Å². The minimum atomic E-state index is -0.805. The summed E-state index contributed by atoms with van der Waals surface area (Å²) in [6.07, 6.45) is 3.35. The second-order valence-corrected chi connectivity index (χ2v) is 5.08. The van der Waals surface area contributed by atoms with Gasteiger partial charge in [-0.2, -0.15) is 0 Å². The number of hydrogen-bond donors (Lipinski definition) is 1. The van der Waals surface area contributed by atoms with Crippen molar-refractivity contribution in [2.24, 2.45) is 0 Å². The van der Waals surface area contributed by atoms with Gasteiger partial charge in [0.1, 0.15) is 11.6 Å². The highest BCUT2D eigenvalue weighted by atomic mass is 32.2. The van der Waals surface area contributed by atoms with Crippen LogP contribution in [0.5, 0.6) is 5.75 Å². The molecule has 0 aliphatic heterocycles. The molecule has 1 aromatic heterocycles. The predicted molar refractivity (Wildman–Crippen MR) is 62.8 cm³/mol. The molecule has 5 heteroatoms. The van der Waals surface area contributed by atoms with Crippen molar-refractivity contribution < 1.29 is 8.95 Å². The number of nitrogens with one attached hydrogen (secondary N) is 1. The third-order valence-corrected chi connectivity index (χ3v) is 3.41. The van der Waals surface area contributed by atoms with E-state index in [-0.39, 0.29) is 5.25 Å². The zero-order valence-electron chi connectivity index (χ0n) is 9.19. The molecule has 0 spiro atoms. The topological polar surface area (TPSA) is 51.2 Å². The highest BCUT2D eigenvalue weighted by molar-refractivity contribution is 7.84. The lowest BCUT2D eigenvalue weighted by molar-refractivity contribution is 0.413. The first-order valence-corrected chi connectivity index (χ1v) is 6.31. The second kappa shape index (κ2) is 5.70. The average molecular weight is 228 g/mol. The number of hydrogen-bond acceptors (Lipinski definition) is 4. The lowest BCUT2D eigenvalue weighted by Gasteiger charge is -2.10. The van der Waals surface area contributed by atoms with Gasteiger partial charge in [-0.05, 0) is 19.1 Å². The standard InChI is InChI=1S/C10H16N2O2S/c1-8(15(3)13)6-11-10-5-4-9(14-2)7-12-10/h4-5,7-8H,6H2,1-3H3,(H,11,12). The van der Waals surface area contributed by atoms with Gasteiger partial charge in [-0.25, -0.2) is 4.98 Å². The molecule has 2 unspecified atom stereocenters. The van der Waals surface area contributed by atoms with Crippen molar-refractivity contribution in [1.29, 1.82) is 0 Å².